The molecule has 1 saturated heterocycles. The Morgan fingerprint density at radius 2 is 2.04 bits per heavy atom. The van der Waals surface area contributed by atoms with Crippen LogP contribution in [-0.2, 0) is 4.79 Å². The molecule has 2 atom stereocenters. The van der Waals surface area contributed by atoms with Gasteiger partial charge in [0, 0.05) is 25.0 Å². The van der Waals surface area contributed by atoms with Crippen LogP contribution in [0.5, 0.6) is 0 Å². The molecular weight excluding hydrogens is 318 g/mol. The molecule has 1 aliphatic rings. The molecular formula is C19H27N3OS. The van der Waals surface area contributed by atoms with E-state index >= 15 is 0 Å². The fraction of sp³-hybridized carbons (Fsp3) is 0.579. The van der Waals surface area contributed by atoms with E-state index in [0.29, 0.717) is 12.0 Å². The average molecular weight is 346 g/mol. The molecule has 130 valence electrons. The fourth-order valence-electron chi connectivity index (χ4n) is 3.64. The second-order valence-electron chi connectivity index (χ2n) is 6.92. The van der Waals surface area contributed by atoms with Crippen molar-refractivity contribution >= 4 is 28.7 Å². The van der Waals surface area contributed by atoms with E-state index in [0.717, 1.165) is 37.3 Å². The van der Waals surface area contributed by atoms with Crippen LogP contribution in [-0.4, -0.2) is 45.0 Å². The summed E-state index contributed by atoms with van der Waals surface area (Å²) in [5.74, 6) is 1.73. The van der Waals surface area contributed by atoms with Gasteiger partial charge >= 0.3 is 0 Å². The van der Waals surface area contributed by atoms with E-state index in [1.807, 2.05) is 24.1 Å². The van der Waals surface area contributed by atoms with Crippen LogP contribution in [0.25, 0.3) is 11.0 Å². The summed E-state index contributed by atoms with van der Waals surface area (Å²) in [6.45, 7) is 8.08. The number of hydrogen-bond donors (Lipinski definition) is 0. The fourth-order valence-corrected chi connectivity index (χ4v) is 3.99. The van der Waals surface area contributed by atoms with E-state index in [2.05, 4.69) is 36.6 Å². The molecule has 0 saturated carbocycles. The Balaban J connectivity index is 1.92. The first kappa shape index (κ1) is 17.3. The number of para-hydroxylation sites is 2. The predicted molar refractivity (Wildman–Crippen MR) is 102 cm³/mol. The third kappa shape index (κ3) is 3.18. The van der Waals surface area contributed by atoms with Gasteiger partial charge in [-0.15, -0.1) is 0 Å². The Bertz CT molecular complexity index is 724. The number of nitrogens with zero attached hydrogens (tertiary/aromatic N) is 3. The summed E-state index contributed by atoms with van der Waals surface area (Å²) in [5.41, 5.74) is 2.26. The molecule has 3 rings (SSSR count). The highest BCUT2D eigenvalue weighted by Gasteiger charge is 2.30. The van der Waals surface area contributed by atoms with Crippen LogP contribution >= 0.6 is 11.8 Å². The standard InChI is InChI=1S/C19H27N3OS/c1-13(2)22-17-10-6-5-9-16(17)20-18(22)15-8-7-11-21(12-15)19(23)14(3)24-4/h5-6,9-10,13-15H,7-8,11-12H2,1-4H3/t14-,15-/m1/s1. The van der Waals surface area contributed by atoms with Gasteiger partial charge in [-0.1, -0.05) is 12.1 Å². The smallest absolute Gasteiger partial charge is 0.235 e. The molecule has 4 nitrogen and oxygen atoms in total. The molecule has 2 heterocycles. The summed E-state index contributed by atoms with van der Waals surface area (Å²) >= 11 is 1.62. The highest BCUT2D eigenvalue weighted by Crippen LogP contribution is 2.32. The minimum atomic E-state index is 0.0349. The maximum atomic E-state index is 12.6. The molecule has 1 amide bonds. The number of amides is 1. The van der Waals surface area contributed by atoms with Gasteiger partial charge in [-0.25, -0.2) is 4.98 Å². The SMILES string of the molecule is CS[C@H](C)C(=O)N1CCC[C@@H](c2nc3ccccc3n2C(C)C)C1. The summed E-state index contributed by atoms with van der Waals surface area (Å²) in [4.78, 5) is 19.6. The molecule has 0 spiro atoms. The van der Waals surface area contributed by atoms with Gasteiger partial charge in [0.1, 0.15) is 5.82 Å². The van der Waals surface area contributed by atoms with Crippen LogP contribution in [0, 0.1) is 0 Å². The number of piperidine rings is 1. The Labute approximate surface area is 148 Å². The van der Waals surface area contributed by atoms with Gasteiger partial charge in [-0.2, -0.15) is 11.8 Å². The minimum absolute atomic E-state index is 0.0349. The van der Waals surface area contributed by atoms with Crippen LogP contribution in [0.3, 0.4) is 0 Å². The zero-order chi connectivity index (χ0) is 17.3. The molecule has 2 aromatic rings. The van der Waals surface area contributed by atoms with Crippen molar-refractivity contribution in [1.82, 2.24) is 14.5 Å². The van der Waals surface area contributed by atoms with Crippen molar-refractivity contribution in [3.8, 4) is 0 Å². The van der Waals surface area contributed by atoms with E-state index < -0.39 is 0 Å². The Morgan fingerprint density at radius 3 is 2.75 bits per heavy atom. The highest BCUT2D eigenvalue weighted by atomic mass is 32.2. The maximum absolute atomic E-state index is 12.6. The summed E-state index contributed by atoms with van der Waals surface area (Å²) in [7, 11) is 0. The average Bonchev–Trinajstić information content (AvgIpc) is 3.00. The highest BCUT2D eigenvalue weighted by molar-refractivity contribution is 7.99. The first-order valence-corrected chi connectivity index (χ1v) is 10.1. The minimum Gasteiger partial charge on any atom is -0.341 e. The van der Waals surface area contributed by atoms with Crippen LogP contribution < -0.4 is 0 Å². The van der Waals surface area contributed by atoms with Crippen molar-refractivity contribution in [1.29, 1.82) is 0 Å². The number of hydrogen-bond acceptors (Lipinski definition) is 3. The van der Waals surface area contributed by atoms with Gasteiger partial charge in [-0.3, -0.25) is 4.79 Å². The molecule has 0 unspecified atom stereocenters. The van der Waals surface area contributed by atoms with E-state index in [-0.39, 0.29) is 11.2 Å². The second kappa shape index (κ2) is 7.18. The van der Waals surface area contributed by atoms with Crippen LogP contribution in [0.15, 0.2) is 24.3 Å². The lowest BCUT2D eigenvalue weighted by Gasteiger charge is -2.34. The quantitative estimate of drug-likeness (QED) is 0.838. The molecule has 1 aliphatic heterocycles. The summed E-state index contributed by atoms with van der Waals surface area (Å²) < 4.78 is 2.35. The topological polar surface area (TPSA) is 38.1 Å². The van der Waals surface area contributed by atoms with Crippen molar-refractivity contribution in [2.75, 3.05) is 19.3 Å². The van der Waals surface area contributed by atoms with Gasteiger partial charge in [0.15, 0.2) is 0 Å². The van der Waals surface area contributed by atoms with E-state index in [9.17, 15) is 4.79 Å². The molecule has 1 aromatic carbocycles. The summed E-state index contributed by atoms with van der Waals surface area (Å²) in [6, 6.07) is 8.71. The van der Waals surface area contributed by atoms with Gasteiger partial charge in [0.2, 0.25) is 5.91 Å². The molecule has 0 N–H and O–H groups in total. The van der Waals surface area contributed by atoms with Crippen molar-refractivity contribution in [3.05, 3.63) is 30.1 Å². The number of carbonyl (C=O) groups is 1. The number of carbonyl (C=O) groups excluding carboxylic acids is 1. The molecule has 0 bridgehead atoms. The van der Waals surface area contributed by atoms with E-state index in [1.165, 1.54) is 5.52 Å². The zero-order valence-corrected chi connectivity index (χ0v) is 15.8. The summed E-state index contributed by atoms with van der Waals surface area (Å²) in [5, 5.41) is 0.0349. The van der Waals surface area contributed by atoms with Crippen LogP contribution in [0.1, 0.15) is 51.4 Å². The van der Waals surface area contributed by atoms with Crippen LogP contribution in [0.4, 0.5) is 0 Å². The Kier molecular flexibility index (Phi) is 5.18. The number of thioether (sulfide) groups is 1. The molecule has 0 radical (unpaired) electrons. The Hall–Kier alpha value is -1.49. The van der Waals surface area contributed by atoms with Gasteiger partial charge < -0.3 is 9.47 Å². The number of benzene rings is 1. The number of rotatable bonds is 4. The summed E-state index contributed by atoms with van der Waals surface area (Å²) in [6.07, 6.45) is 4.16. The first-order chi connectivity index (χ1) is 11.5. The maximum Gasteiger partial charge on any atom is 0.235 e. The number of aromatic nitrogens is 2. The van der Waals surface area contributed by atoms with Crippen LogP contribution in [0.2, 0.25) is 0 Å². The molecule has 5 heteroatoms. The first-order valence-electron chi connectivity index (χ1n) is 8.81. The Morgan fingerprint density at radius 1 is 1.29 bits per heavy atom. The number of fused-ring (bicyclic) bond motifs is 1. The molecule has 1 aromatic heterocycles. The van der Waals surface area contributed by atoms with E-state index in [1.54, 1.807) is 11.8 Å². The monoisotopic (exact) mass is 345 g/mol. The van der Waals surface area contributed by atoms with Crippen molar-refractivity contribution < 1.29 is 4.79 Å². The molecule has 1 fully saturated rings. The van der Waals surface area contributed by atoms with Crippen molar-refractivity contribution in [3.63, 3.8) is 0 Å². The van der Waals surface area contributed by atoms with Gasteiger partial charge in [-0.05, 0) is 52.0 Å². The van der Waals surface area contributed by atoms with Gasteiger partial charge in [0.05, 0.1) is 16.3 Å². The normalized spacial score (nSPS) is 19.9. The van der Waals surface area contributed by atoms with Crippen molar-refractivity contribution in [2.45, 2.75) is 50.8 Å². The number of likely N-dealkylation sites (tertiary alicyclic amines) is 1. The lowest BCUT2D eigenvalue weighted by atomic mass is 9.96. The second-order valence-corrected chi connectivity index (χ2v) is 8.10. The number of imidazole rings is 1. The lowest BCUT2D eigenvalue weighted by molar-refractivity contribution is -0.131. The third-order valence-electron chi connectivity index (χ3n) is 4.94. The lowest BCUT2D eigenvalue weighted by Crippen LogP contribution is -2.43. The molecule has 0 aliphatic carbocycles. The largest absolute Gasteiger partial charge is 0.341 e. The molecule has 24 heavy (non-hydrogen) atoms. The van der Waals surface area contributed by atoms with E-state index in [4.69, 9.17) is 4.98 Å². The predicted octanol–water partition coefficient (Wildman–Crippen LogP) is 4.07. The van der Waals surface area contributed by atoms with Crippen molar-refractivity contribution in [2.24, 2.45) is 0 Å². The van der Waals surface area contributed by atoms with Gasteiger partial charge in [0.25, 0.3) is 0 Å². The zero-order valence-electron chi connectivity index (χ0n) is 15.0. The third-order valence-corrected chi connectivity index (χ3v) is 5.85.